The van der Waals surface area contributed by atoms with E-state index in [2.05, 4.69) is 0 Å². The van der Waals surface area contributed by atoms with Gasteiger partial charge in [-0.1, -0.05) is 25.1 Å². The number of ether oxygens (including phenoxy) is 1. The average Bonchev–Trinajstić information content (AvgIpc) is 2.55. The third kappa shape index (κ3) is 4.70. The lowest BCUT2D eigenvalue weighted by atomic mass is 9.98. The van der Waals surface area contributed by atoms with Gasteiger partial charge in [0.05, 0.1) is 16.1 Å². The van der Waals surface area contributed by atoms with Crippen molar-refractivity contribution in [1.29, 1.82) is 0 Å². The fraction of sp³-hybridized carbons (Fsp3) is 0.294. The summed E-state index contributed by atoms with van der Waals surface area (Å²) in [5, 5.41) is 31.0. The third-order valence-electron chi connectivity index (χ3n) is 3.71. The van der Waals surface area contributed by atoms with Gasteiger partial charge in [0, 0.05) is 12.5 Å². The summed E-state index contributed by atoms with van der Waals surface area (Å²) in [6, 6.07) is 8.70. The summed E-state index contributed by atoms with van der Waals surface area (Å²) in [5.74, 6) is -2.64. The second kappa shape index (κ2) is 7.30. The van der Waals surface area contributed by atoms with Crippen molar-refractivity contribution in [2.45, 2.75) is 31.7 Å². The smallest absolute Gasteiger partial charge is 0.416 e. The number of hydrogen-bond acceptors (Lipinski definition) is 5. The van der Waals surface area contributed by atoms with Crippen molar-refractivity contribution in [3.8, 4) is 11.5 Å². The fourth-order valence-electron chi connectivity index (χ4n) is 2.25. The summed E-state index contributed by atoms with van der Waals surface area (Å²) in [6.07, 6.45) is -5.69. The Kier molecular flexibility index (Phi) is 5.53. The Balaban J connectivity index is 2.66. The second-order valence-corrected chi connectivity index (χ2v) is 5.65. The van der Waals surface area contributed by atoms with Crippen LogP contribution in [-0.2, 0) is 12.6 Å². The molecule has 0 fully saturated rings. The molecule has 0 saturated carbocycles. The Morgan fingerprint density at radius 3 is 2.27 bits per heavy atom. The minimum atomic E-state index is -4.83. The van der Waals surface area contributed by atoms with Crippen molar-refractivity contribution in [1.82, 2.24) is 0 Å². The zero-order valence-electron chi connectivity index (χ0n) is 13.7. The van der Waals surface area contributed by atoms with Gasteiger partial charge >= 0.3 is 6.18 Å². The summed E-state index contributed by atoms with van der Waals surface area (Å²) in [7, 11) is 0. The molecule has 0 aliphatic rings. The second-order valence-electron chi connectivity index (χ2n) is 5.65. The van der Waals surface area contributed by atoms with Crippen LogP contribution in [0, 0.1) is 10.1 Å². The molecule has 140 valence electrons. The summed E-state index contributed by atoms with van der Waals surface area (Å²) in [4.78, 5) is 10.3. The lowest BCUT2D eigenvalue weighted by Crippen LogP contribution is -2.30. The van der Waals surface area contributed by atoms with Crippen LogP contribution in [0.5, 0.6) is 11.5 Å². The lowest BCUT2D eigenvalue weighted by molar-refractivity contribution is -0.386. The van der Waals surface area contributed by atoms with Gasteiger partial charge in [0.15, 0.2) is 5.79 Å². The van der Waals surface area contributed by atoms with Crippen molar-refractivity contribution in [3.05, 3.63) is 63.7 Å². The van der Waals surface area contributed by atoms with Crippen LogP contribution in [0.25, 0.3) is 0 Å². The van der Waals surface area contributed by atoms with E-state index in [1.807, 2.05) is 0 Å². The monoisotopic (exact) mass is 371 g/mol. The summed E-state index contributed by atoms with van der Waals surface area (Å²) in [6.45, 7) is 1.42. The van der Waals surface area contributed by atoms with Crippen LogP contribution in [0.15, 0.2) is 42.5 Å². The number of nitro benzene ring substituents is 1. The van der Waals surface area contributed by atoms with Gasteiger partial charge in [-0.25, -0.2) is 0 Å². The molecule has 9 heteroatoms. The van der Waals surface area contributed by atoms with Gasteiger partial charge in [-0.2, -0.15) is 13.2 Å². The van der Waals surface area contributed by atoms with Gasteiger partial charge in [-0.15, -0.1) is 0 Å². The van der Waals surface area contributed by atoms with Crippen molar-refractivity contribution in [2.24, 2.45) is 0 Å². The molecule has 0 bridgehead atoms. The van der Waals surface area contributed by atoms with E-state index in [9.17, 15) is 33.5 Å². The standard InChI is InChI=1S/C17H16F3NO5/c1-2-16(22,23)10-13-14(21(24)25)8-11(17(18,19)20)9-15(13)26-12-6-4-3-5-7-12/h3-9,22-23H,2,10H2,1H3. The van der Waals surface area contributed by atoms with Crippen molar-refractivity contribution < 1.29 is 33.0 Å². The number of aliphatic hydroxyl groups is 2. The molecule has 0 atom stereocenters. The quantitative estimate of drug-likeness (QED) is 0.454. The zero-order valence-corrected chi connectivity index (χ0v) is 13.7. The first kappa shape index (κ1) is 19.7. The van der Waals surface area contributed by atoms with Crippen LogP contribution >= 0.6 is 0 Å². The van der Waals surface area contributed by atoms with E-state index in [0.717, 1.165) is 0 Å². The van der Waals surface area contributed by atoms with E-state index in [1.165, 1.54) is 19.1 Å². The highest BCUT2D eigenvalue weighted by Crippen LogP contribution is 2.41. The Bertz CT molecular complexity index is 791. The predicted molar refractivity (Wildman–Crippen MR) is 85.8 cm³/mol. The van der Waals surface area contributed by atoms with E-state index < -0.39 is 40.3 Å². The first-order chi connectivity index (χ1) is 12.0. The third-order valence-corrected chi connectivity index (χ3v) is 3.71. The summed E-state index contributed by atoms with van der Waals surface area (Å²) < 4.78 is 44.7. The van der Waals surface area contributed by atoms with E-state index in [0.29, 0.717) is 12.1 Å². The Hall–Kier alpha value is -2.65. The van der Waals surface area contributed by atoms with Crippen LogP contribution in [0.3, 0.4) is 0 Å². The highest BCUT2D eigenvalue weighted by Gasteiger charge is 2.37. The minimum Gasteiger partial charge on any atom is -0.457 e. The molecule has 2 aromatic carbocycles. The molecule has 0 unspecified atom stereocenters. The maximum Gasteiger partial charge on any atom is 0.416 e. The minimum absolute atomic E-state index is 0.153. The maximum atomic E-state index is 13.1. The number of para-hydroxylation sites is 1. The van der Waals surface area contributed by atoms with Gasteiger partial charge in [0.25, 0.3) is 5.69 Å². The molecule has 0 aliphatic heterocycles. The predicted octanol–water partition coefficient (Wildman–Crippen LogP) is 4.04. The van der Waals surface area contributed by atoms with Crippen LogP contribution in [-0.4, -0.2) is 20.9 Å². The molecule has 0 heterocycles. The van der Waals surface area contributed by atoms with Crippen LogP contribution in [0.4, 0.5) is 18.9 Å². The maximum absolute atomic E-state index is 13.1. The molecule has 0 saturated heterocycles. The molecular weight excluding hydrogens is 355 g/mol. The van der Waals surface area contributed by atoms with E-state index >= 15 is 0 Å². The van der Waals surface area contributed by atoms with Crippen molar-refractivity contribution in [3.63, 3.8) is 0 Å². The molecule has 2 aromatic rings. The molecule has 2 N–H and O–H groups in total. The first-order valence-corrected chi connectivity index (χ1v) is 7.59. The molecular formula is C17H16F3NO5. The van der Waals surface area contributed by atoms with Crippen LogP contribution < -0.4 is 4.74 Å². The largest absolute Gasteiger partial charge is 0.457 e. The highest BCUT2D eigenvalue weighted by molar-refractivity contribution is 5.55. The van der Waals surface area contributed by atoms with E-state index in [-0.39, 0.29) is 17.7 Å². The van der Waals surface area contributed by atoms with Crippen LogP contribution in [0.2, 0.25) is 0 Å². The van der Waals surface area contributed by atoms with Crippen molar-refractivity contribution >= 4 is 5.69 Å². The van der Waals surface area contributed by atoms with Crippen LogP contribution in [0.1, 0.15) is 24.5 Å². The molecule has 0 amide bonds. The lowest BCUT2D eigenvalue weighted by Gasteiger charge is -2.22. The summed E-state index contributed by atoms with van der Waals surface area (Å²) >= 11 is 0. The van der Waals surface area contributed by atoms with Crippen molar-refractivity contribution in [2.75, 3.05) is 0 Å². The first-order valence-electron chi connectivity index (χ1n) is 7.59. The number of halogens is 3. The highest BCUT2D eigenvalue weighted by atomic mass is 19.4. The fourth-order valence-corrected chi connectivity index (χ4v) is 2.25. The number of hydrogen-bond donors (Lipinski definition) is 2. The molecule has 26 heavy (non-hydrogen) atoms. The van der Waals surface area contributed by atoms with Gasteiger partial charge in [0.1, 0.15) is 11.5 Å². The SMILES string of the molecule is CCC(O)(O)Cc1c(Oc2ccccc2)cc(C(F)(F)F)cc1[N+](=O)[O-]. The average molecular weight is 371 g/mol. The molecule has 6 nitrogen and oxygen atoms in total. The molecule has 2 rings (SSSR count). The van der Waals surface area contributed by atoms with Gasteiger partial charge in [-0.05, 0) is 24.6 Å². The number of rotatable bonds is 6. The molecule has 0 aromatic heterocycles. The zero-order chi connectivity index (χ0) is 19.5. The number of alkyl halides is 3. The Morgan fingerprint density at radius 1 is 1.15 bits per heavy atom. The Labute approximate surface area is 146 Å². The molecule has 0 aliphatic carbocycles. The van der Waals surface area contributed by atoms with E-state index in [1.54, 1.807) is 18.2 Å². The number of nitrogens with zero attached hydrogens (tertiary/aromatic N) is 1. The number of benzene rings is 2. The van der Waals surface area contributed by atoms with Gasteiger partial charge in [0.2, 0.25) is 0 Å². The number of nitro groups is 1. The normalized spacial score (nSPS) is 12.1. The molecule has 0 spiro atoms. The van der Waals surface area contributed by atoms with E-state index in [4.69, 9.17) is 4.74 Å². The Morgan fingerprint density at radius 2 is 1.77 bits per heavy atom. The van der Waals surface area contributed by atoms with Gasteiger partial charge in [-0.3, -0.25) is 10.1 Å². The van der Waals surface area contributed by atoms with Gasteiger partial charge < -0.3 is 14.9 Å². The summed E-state index contributed by atoms with van der Waals surface area (Å²) in [5.41, 5.74) is -2.50. The topological polar surface area (TPSA) is 92.8 Å². The molecule has 0 radical (unpaired) electrons.